The van der Waals surface area contributed by atoms with Gasteiger partial charge in [0, 0.05) is 5.02 Å². The van der Waals surface area contributed by atoms with Crippen molar-refractivity contribution in [1.82, 2.24) is 0 Å². The Morgan fingerprint density at radius 3 is 2.24 bits per heavy atom. The topological polar surface area (TPSA) is 18.5 Å². The van der Waals surface area contributed by atoms with E-state index >= 15 is 0 Å². The summed E-state index contributed by atoms with van der Waals surface area (Å²) >= 11 is 9.95. The molecule has 0 N–H and O–H groups in total. The van der Waals surface area contributed by atoms with Crippen LogP contribution in [-0.4, -0.2) is 14.2 Å². The number of rotatable bonds is 4. The molecular formula is C17H18BrClO2. The van der Waals surface area contributed by atoms with Crippen molar-refractivity contribution >= 4 is 27.5 Å². The quantitative estimate of drug-likeness (QED) is 0.666. The fourth-order valence-electron chi connectivity index (χ4n) is 2.27. The SMILES string of the molecule is COc1ccc(C(Br)c2cc(C)c(Cl)cc2C)cc1OC. The average Bonchev–Trinajstić information content (AvgIpc) is 2.49. The smallest absolute Gasteiger partial charge is 0.161 e. The molecule has 0 saturated heterocycles. The maximum atomic E-state index is 6.17. The zero-order valence-electron chi connectivity index (χ0n) is 12.5. The van der Waals surface area contributed by atoms with Gasteiger partial charge >= 0.3 is 0 Å². The zero-order valence-corrected chi connectivity index (χ0v) is 14.9. The molecule has 0 saturated carbocycles. The van der Waals surface area contributed by atoms with Crippen molar-refractivity contribution in [3.63, 3.8) is 0 Å². The van der Waals surface area contributed by atoms with Gasteiger partial charge in [-0.25, -0.2) is 0 Å². The largest absolute Gasteiger partial charge is 0.493 e. The van der Waals surface area contributed by atoms with Crippen LogP contribution in [0.1, 0.15) is 27.1 Å². The zero-order chi connectivity index (χ0) is 15.6. The molecule has 0 aliphatic rings. The number of methoxy groups -OCH3 is 2. The van der Waals surface area contributed by atoms with E-state index in [4.69, 9.17) is 21.1 Å². The number of hydrogen-bond acceptors (Lipinski definition) is 2. The molecule has 0 aliphatic carbocycles. The maximum absolute atomic E-state index is 6.17. The van der Waals surface area contributed by atoms with Gasteiger partial charge in [-0.05, 0) is 54.3 Å². The van der Waals surface area contributed by atoms with Crippen LogP contribution < -0.4 is 9.47 Å². The van der Waals surface area contributed by atoms with Gasteiger partial charge in [-0.2, -0.15) is 0 Å². The second kappa shape index (κ2) is 6.71. The summed E-state index contributed by atoms with van der Waals surface area (Å²) in [5, 5.41) is 0.795. The van der Waals surface area contributed by atoms with E-state index in [0.29, 0.717) is 0 Å². The van der Waals surface area contributed by atoms with Gasteiger partial charge < -0.3 is 9.47 Å². The third-order valence-corrected chi connectivity index (χ3v) is 4.95. The molecule has 112 valence electrons. The summed E-state index contributed by atoms with van der Waals surface area (Å²) in [5.41, 5.74) is 4.53. The van der Waals surface area contributed by atoms with Crippen LogP contribution in [0, 0.1) is 13.8 Å². The molecule has 2 aromatic rings. The van der Waals surface area contributed by atoms with E-state index in [0.717, 1.165) is 33.2 Å². The summed E-state index contributed by atoms with van der Waals surface area (Å²) in [5.74, 6) is 1.45. The standard InChI is InChI=1S/C17H18BrClO2/c1-10-8-14(19)11(2)7-13(10)17(18)12-5-6-15(20-3)16(9-12)21-4/h5-9,17H,1-4H3. The highest BCUT2D eigenvalue weighted by Gasteiger charge is 2.16. The lowest BCUT2D eigenvalue weighted by atomic mass is 9.98. The van der Waals surface area contributed by atoms with E-state index < -0.39 is 0 Å². The normalized spacial score (nSPS) is 12.1. The van der Waals surface area contributed by atoms with Gasteiger partial charge in [-0.1, -0.05) is 39.7 Å². The first-order valence-electron chi connectivity index (χ1n) is 6.60. The second-order valence-corrected chi connectivity index (χ2v) is 6.26. The molecule has 0 bridgehead atoms. The summed E-state index contributed by atoms with van der Waals surface area (Å²) in [6.07, 6.45) is 0. The van der Waals surface area contributed by atoms with Crippen molar-refractivity contribution in [2.24, 2.45) is 0 Å². The van der Waals surface area contributed by atoms with Crippen LogP contribution >= 0.6 is 27.5 Å². The summed E-state index contributed by atoms with van der Waals surface area (Å²) in [4.78, 5) is 0.0771. The molecule has 1 unspecified atom stereocenters. The van der Waals surface area contributed by atoms with Crippen molar-refractivity contribution in [2.75, 3.05) is 14.2 Å². The minimum atomic E-state index is 0.0771. The number of hydrogen-bond donors (Lipinski definition) is 0. The monoisotopic (exact) mass is 368 g/mol. The Balaban J connectivity index is 2.45. The van der Waals surface area contributed by atoms with Crippen LogP contribution in [0.15, 0.2) is 30.3 Å². The molecule has 2 aromatic carbocycles. The Morgan fingerprint density at radius 2 is 1.62 bits per heavy atom. The van der Waals surface area contributed by atoms with Gasteiger partial charge in [-0.15, -0.1) is 0 Å². The lowest BCUT2D eigenvalue weighted by Gasteiger charge is -2.17. The van der Waals surface area contributed by atoms with Crippen LogP contribution in [0.4, 0.5) is 0 Å². The third-order valence-electron chi connectivity index (χ3n) is 3.52. The van der Waals surface area contributed by atoms with Gasteiger partial charge in [0.2, 0.25) is 0 Å². The third kappa shape index (κ3) is 3.35. The van der Waals surface area contributed by atoms with E-state index in [-0.39, 0.29) is 4.83 Å². The average molecular weight is 370 g/mol. The Labute approximate surface area is 139 Å². The molecular weight excluding hydrogens is 352 g/mol. The van der Waals surface area contributed by atoms with Crippen LogP contribution in [0.25, 0.3) is 0 Å². The van der Waals surface area contributed by atoms with E-state index in [1.165, 1.54) is 5.56 Å². The minimum Gasteiger partial charge on any atom is -0.493 e. The van der Waals surface area contributed by atoms with E-state index in [2.05, 4.69) is 28.9 Å². The Kier molecular flexibility index (Phi) is 5.17. The van der Waals surface area contributed by atoms with Crippen molar-refractivity contribution < 1.29 is 9.47 Å². The molecule has 0 aromatic heterocycles. The Bertz CT molecular complexity index is 655. The molecule has 0 spiro atoms. The fraction of sp³-hybridized carbons (Fsp3) is 0.294. The summed E-state index contributed by atoms with van der Waals surface area (Å²) in [6.45, 7) is 4.08. The predicted molar refractivity (Wildman–Crippen MR) is 91.2 cm³/mol. The van der Waals surface area contributed by atoms with Crippen LogP contribution in [-0.2, 0) is 0 Å². The maximum Gasteiger partial charge on any atom is 0.161 e. The van der Waals surface area contributed by atoms with Crippen LogP contribution in [0.3, 0.4) is 0 Å². The number of aryl methyl sites for hydroxylation is 2. The summed E-state index contributed by atoms with van der Waals surface area (Å²) < 4.78 is 10.6. The van der Waals surface area contributed by atoms with Crippen molar-refractivity contribution in [2.45, 2.75) is 18.7 Å². The second-order valence-electron chi connectivity index (χ2n) is 4.93. The highest BCUT2D eigenvalue weighted by atomic mass is 79.9. The first kappa shape index (κ1) is 16.2. The number of benzene rings is 2. The molecule has 0 fully saturated rings. The summed E-state index contributed by atoms with van der Waals surface area (Å²) in [6, 6.07) is 10.1. The molecule has 1 atom stereocenters. The Morgan fingerprint density at radius 1 is 0.952 bits per heavy atom. The highest BCUT2D eigenvalue weighted by molar-refractivity contribution is 9.09. The molecule has 2 rings (SSSR count). The lowest BCUT2D eigenvalue weighted by molar-refractivity contribution is 0.354. The van der Waals surface area contributed by atoms with Gasteiger partial charge in [0.15, 0.2) is 11.5 Å². The van der Waals surface area contributed by atoms with Crippen molar-refractivity contribution in [1.29, 1.82) is 0 Å². The predicted octanol–water partition coefficient (Wildman–Crippen LogP) is 5.46. The molecule has 4 heteroatoms. The van der Waals surface area contributed by atoms with Gasteiger partial charge in [0.1, 0.15) is 0 Å². The van der Waals surface area contributed by atoms with Crippen LogP contribution in [0.2, 0.25) is 5.02 Å². The van der Waals surface area contributed by atoms with E-state index in [9.17, 15) is 0 Å². The van der Waals surface area contributed by atoms with Gasteiger partial charge in [-0.3, -0.25) is 0 Å². The van der Waals surface area contributed by atoms with Gasteiger partial charge in [0.05, 0.1) is 19.0 Å². The fourth-order valence-corrected chi connectivity index (χ4v) is 3.26. The van der Waals surface area contributed by atoms with Crippen molar-refractivity contribution in [3.05, 3.63) is 57.6 Å². The van der Waals surface area contributed by atoms with Gasteiger partial charge in [0.25, 0.3) is 0 Å². The lowest BCUT2D eigenvalue weighted by Crippen LogP contribution is -1.99. The molecule has 0 amide bonds. The Hall–Kier alpha value is -1.19. The number of ether oxygens (including phenoxy) is 2. The molecule has 21 heavy (non-hydrogen) atoms. The summed E-state index contributed by atoms with van der Waals surface area (Å²) in [7, 11) is 3.28. The molecule has 0 heterocycles. The molecule has 0 aliphatic heterocycles. The molecule has 0 radical (unpaired) electrons. The van der Waals surface area contributed by atoms with E-state index in [1.807, 2.05) is 31.2 Å². The minimum absolute atomic E-state index is 0.0771. The number of halogens is 2. The number of alkyl halides is 1. The highest BCUT2D eigenvalue weighted by Crippen LogP contribution is 2.38. The molecule has 2 nitrogen and oxygen atoms in total. The first-order valence-corrected chi connectivity index (χ1v) is 7.90. The van der Waals surface area contributed by atoms with Crippen LogP contribution in [0.5, 0.6) is 11.5 Å². The van der Waals surface area contributed by atoms with E-state index in [1.54, 1.807) is 14.2 Å². The van der Waals surface area contributed by atoms with Crippen molar-refractivity contribution in [3.8, 4) is 11.5 Å². The first-order chi connectivity index (χ1) is 9.97.